The predicted octanol–water partition coefficient (Wildman–Crippen LogP) is 2.30. The third-order valence-electron chi connectivity index (χ3n) is 2.95. The average Bonchev–Trinajstić information content (AvgIpc) is 2.98. The molecule has 18 heavy (non-hydrogen) atoms. The summed E-state index contributed by atoms with van der Waals surface area (Å²) < 4.78 is 7.17. The van der Waals surface area contributed by atoms with E-state index in [4.69, 9.17) is 4.74 Å². The van der Waals surface area contributed by atoms with Crippen molar-refractivity contribution in [2.24, 2.45) is 0 Å². The maximum Gasteiger partial charge on any atom is 0.186 e. The molecule has 5 heteroatoms. The van der Waals surface area contributed by atoms with Crippen molar-refractivity contribution in [2.75, 3.05) is 7.11 Å². The van der Waals surface area contributed by atoms with Crippen molar-refractivity contribution in [3.8, 4) is 17.1 Å². The van der Waals surface area contributed by atoms with Crippen LogP contribution in [0.2, 0.25) is 0 Å². The first kappa shape index (κ1) is 10.8. The van der Waals surface area contributed by atoms with Crippen molar-refractivity contribution < 1.29 is 4.74 Å². The molecule has 0 amide bonds. The Balaban J connectivity index is 2.21. The van der Waals surface area contributed by atoms with Gasteiger partial charge in [0.05, 0.1) is 18.4 Å². The van der Waals surface area contributed by atoms with Crippen LogP contribution in [-0.4, -0.2) is 26.9 Å². The minimum absolute atomic E-state index is 0.766. The zero-order chi connectivity index (χ0) is 12.5. The quantitative estimate of drug-likeness (QED) is 0.766. The van der Waals surface area contributed by atoms with Crippen LogP contribution < -0.4 is 4.74 Å². The molecule has 0 fully saturated rings. The molecule has 0 bridgehead atoms. The number of ether oxygens (including phenoxy) is 1. The molecule has 2 aromatic heterocycles. The van der Waals surface area contributed by atoms with Crippen LogP contribution in [0.3, 0.4) is 0 Å². The molecule has 92 valence electrons. The third kappa shape index (κ3) is 1.55. The Morgan fingerprint density at radius 2 is 2.17 bits per heavy atom. The highest BCUT2D eigenvalue weighted by atomic mass is 16.5. The summed E-state index contributed by atoms with van der Waals surface area (Å²) in [5, 5.41) is 11.8. The van der Waals surface area contributed by atoms with Crippen molar-refractivity contribution >= 4 is 5.65 Å². The van der Waals surface area contributed by atoms with E-state index in [0.717, 1.165) is 34.9 Å². The van der Waals surface area contributed by atoms with Gasteiger partial charge in [-0.2, -0.15) is 14.7 Å². The average molecular weight is 242 g/mol. The number of hydrogen-bond acceptors (Lipinski definition) is 3. The molecule has 0 unspecified atom stereocenters. The van der Waals surface area contributed by atoms with Gasteiger partial charge < -0.3 is 4.74 Å². The maximum absolute atomic E-state index is 5.36. The second-order valence-corrected chi connectivity index (χ2v) is 4.03. The normalized spacial score (nSPS) is 11.0. The summed E-state index contributed by atoms with van der Waals surface area (Å²) in [6.45, 7) is 2.08. The maximum atomic E-state index is 5.36. The zero-order valence-electron chi connectivity index (χ0n) is 10.3. The summed E-state index contributed by atoms with van der Waals surface area (Å²) in [5.41, 5.74) is 2.87. The molecule has 0 atom stereocenters. The number of hydrogen-bond donors (Lipinski definition) is 1. The van der Waals surface area contributed by atoms with Crippen molar-refractivity contribution in [3.63, 3.8) is 0 Å². The molecule has 0 aliphatic heterocycles. The highest BCUT2D eigenvalue weighted by Crippen LogP contribution is 2.28. The fraction of sp³-hybridized carbons (Fsp3) is 0.231. The minimum Gasteiger partial charge on any atom is -0.496 e. The molecular weight excluding hydrogens is 228 g/mol. The molecule has 3 aromatic rings. The van der Waals surface area contributed by atoms with Crippen molar-refractivity contribution in [2.45, 2.75) is 13.3 Å². The number of H-pyrrole nitrogens is 1. The van der Waals surface area contributed by atoms with E-state index in [0.29, 0.717) is 0 Å². The largest absolute Gasteiger partial charge is 0.496 e. The molecule has 5 nitrogen and oxygen atoms in total. The van der Waals surface area contributed by atoms with Crippen molar-refractivity contribution in [3.05, 3.63) is 36.0 Å². The first-order chi connectivity index (χ1) is 8.83. The monoisotopic (exact) mass is 242 g/mol. The van der Waals surface area contributed by atoms with Crippen LogP contribution in [-0.2, 0) is 6.42 Å². The van der Waals surface area contributed by atoms with E-state index in [2.05, 4.69) is 22.2 Å². The van der Waals surface area contributed by atoms with Gasteiger partial charge in [0.25, 0.3) is 0 Å². The molecule has 1 N–H and O–H groups in total. The second-order valence-electron chi connectivity index (χ2n) is 4.03. The summed E-state index contributed by atoms with van der Waals surface area (Å²) in [6, 6.07) is 9.79. The van der Waals surface area contributed by atoms with E-state index in [9.17, 15) is 0 Å². The van der Waals surface area contributed by atoms with E-state index in [-0.39, 0.29) is 0 Å². The number of aryl methyl sites for hydroxylation is 1. The van der Waals surface area contributed by atoms with Gasteiger partial charge >= 0.3 is 0 Å². The molecule has 1 aromatic carbocycles. The molecule has 3 rings (SSSR count). The van der Waals surface area contributed by atoms with Gasteiger partial charge in [-0.3, -0.25) is 5.10 Å². The highest BCUT2D eigenvalue weighted by molar-refractivity contribution is 5.66. The van der Waals surface area contributed by atoms with E-state index in [1.807, 2.05) is 34.8 Å². The van der Waals surface area contributed by atoms with Gasteiger partial charge in [-0.05, 0) is 18.6 Å². The number of para-hydroxylation sites is 1. The van der Waals surface area contributed by atoms with Crippen LogP contribution in [0.1, 0.15) is 12.6 Å². The summed E-state index contributed by atoms with van der Waals surface area (Å²) in [7, 11) is 1.66. The van der Waals surface area contributed by atoms with Crippen LogP contribution >= 0.6 is 0 Å². The predicted molar refractivity (Wildman–Crippen MR) is 68.7 cm³/mol. The third-order valence-corrected chi connectivity index (χ3v) is 2.95. The highest BCUT2D eigenvalue weighted by Gasteiger charge is 2.13. The minimum atomic E-state index is 0.766. The number of benzene rings is 1. The van der Waals surface area contributed by atoms with Crippen LogP contribution in [0, 0.1) is 0 Å². The number of fused-ring (bicyclic) bond motifs is 1. The number of aromatic nitrogens is 4. The summed E-state index contributed by atoms with van der Waals surface area (Å²) >= 11 is 0. The Bertz CT molecular complexity index is 683. The number of rotatable bonds is 3. The second kappa shape index (κ2) is 4.18. The first-order valence-corrected chi connectivity index (χ1v) is 5.90. The zero-order valence-corrected chi connectivity index (χ0v) is 10.3. The van der Waals surface area contributed by atoms with E-state index >= 15 is 0 Å². The lowest BCUT2D eigenvalue weighted by Gasteiger charge is -2.05. The van der Waals surface area contributed by atoms with Crippen molar-refractivity contribution in [1.82, 2.24) is 19.8 Å². The van der Waals surface area contributed by atoms with Gasteiger partial charge in [-0.15, -0.1) is 0 Å². The fourth-order valence-corrected chi connectivity index (χ4v) is 2.01. The molecule has 0 aliphatic rings. The standard InChI is InChI=1S/C13H14N4O/c1-3-9-8-12-14-15-13(17(12)16-9)10-6-4-5-7-11(10)18-2/h4-8,14H,3H2,1-2H3. The van der Waals surface area contributed by atoms with Gasteiger partial charge in [-0.1, -0.05) is 19.1 Å². The van der Waals surface area contributed by atoms with Gasteiger partial charge in [0.1, 0.15) is 5.75 Å². The SMILES string of the molecule is CCc1cc2[nH]nc(-c3ccccc3OC)n2n1. The molecule has 0 saturated heterocycles. The summed E-state index contributed by atoms with van der Waals surface area (Å²) in [5.74, 6) is 1.56. The lowest BCUT2D eigenvalue weighted by atomic mass is 10.2. The lowest BCUT2D eigenvalue weighted by Crippen LogP contribution is -1.94. The van der Waals surface area contributed by atoms with Gasteiger partial charge in [0.2, 0.25) is 0 Å². The molecule has 2 heterocycles. The van der Waals surface area contributed by atoms with Gasteiger partial charge in [-0.25, -0.2) is 0 Å². The van der Waals surface area contributed by atoms with E-state index in [1.54, 1.807) is 7.11 Å². The van der Waals surface area contributed by atoms with Gasteiger partial charge in [0.15, 0.2) is 11.5 Å². The van der Waals surface area contributed by atoms with Crippen LogP contribution in [0.15, 0.2) is 30.3 Å². The topological polar surface area (TPSA) is 55.2 Å². The molecule has 0 saturated carbocycles. The smallest absolute Gasteiger partial charge is 0.186 e. The van der Waals surface area contributed by atoms with E-state index in [1.165, 1.54) is 0 Å². The number of nitrogens with zero attached hydrogens (tertiary/aromatic N) is 3. The Morgan fingerprint density at radius 3 is 2.94 bits per heavy atom. The lowest BCUT2D eigenvalue weighted by molar-refractivity contribution is 0.416. The fourth-order valence-electron chi connectivity index (χ4n) is 2.01. The summed E-state index contributed by atoms with van der Waals surface area (Å²) in [6.07, 6.45) is 0.904. The summed E-state index contributed by atoms with van der Waals surface area (Å²) in [4.78, 5) is 0. The number of methoxy groups -OCH3 is 1. The Morgan fingerprint density at radius 1 is 1.33 bits per heavy atom. The Kier molecular flexibility index (Phi) is 2.51. The molecule has 0 radical (unpaired) electrons. The van der Waals surface area contributed by atoms with Crippen LogP contribution in [0.5, 0.6) is 5.75 Å². The first-order valence-electron chi connectivity index (χ1n) is 5.90. The van der Waals surface area contributed by atoms with Crippen LogP contribution in [0.25, 0.3) is 17.0 Å². The van der Waals surface area contributed by atoms with Crippen molar-refractivity contribution in [1.29, 1.82) is 0 Å². The molecular formula is C13H14N4O. The van der Waals surface area contributed by atoms with Gasteiger partial charge in [0, 0.05) is 6.07 Å². The number of nitrogens with one attached hydrogen (secondary N) is 1. The Labute approximate surface area is 104 Å². The number of aromatic amines is 1. The molecule has 0 spiro atoms. The molecule has 0 aliphatic carbocycles. The van der Waals surface area contributed by atoms with E-state index < -0.39 is 0 Å². The van der Waals surface area contributed by atoms with Crippen LogP contribution in [0.4, 0.5) is 0 Å². The Hall–Kier alpha value is -2.30.